The molecular weight excluding hydrogens is 393 g/mol. The van der Waals surface area contributed by atoms with Gasteiger partial charge in [0, 0.05) is 43.0 Å². The minimum Gasteiger partial charge on any atom is -0.588 e. The van der Waals surface area contributed by atoms with Crippen LogP contribution in [0.25, 0.3) is 0 Å². The number of nitrogens with one attached hydrogen (secondary N) is 1. The Kier molecular flexibility index (Phi) is 5.57. The number of pyridine rings is 1. The van der Waals surface area contributed by atoms with E-state index in [0.29, 0.717) is 43.2 Å². The molecule has 2 aromatic carbocycles. The van der Waals surface area contributed by atoms with Crippen molar-refractivity contribution in [3.63, 3.8) is 0 Å². The van der Waals surface area contributed by atoms with Crippen LogP contribution in [0.1, 0.15) is 11.1 Å². The molecule has 4 rings (SSSR count). The number of halogens is 1. The predicted molar refractivity (Wildman–Crippen MR) is 107 cm³/mol. The van der Waals surface area contributed by atoms with Crippen molar-refractivity contribution in [3.8, 4) is 5.75 Å². The van der Waals surface area contributed by atoms with E-state index in [2.05, 4.69) is 14.6 Å². The zero-order valence-electron chi connectivity index (χ0n) is 15.6. The number of para-hydroxylation sites is 1. The first-order valence-corrected chi connectivity index (χ1v) is 10.6. The molecule has 2 heterocycles. The fourth-order valence-electron chi connectivity index (χ4n) is 3.20. The fourth-order valence-corrected chi connectivity index (χ4v) is 4.27. The standard InChI is InChI=1S/C21H20FN3O3S/c22-20-13-23-9-8-16(20)14-25-10-11-28-21-12-19(7-6-17(21)15-25)29(26,27)24-18-4-2-1-3-5-18/h1-9,12-13H,10-11,14-15H2,(H-,24,26,27). The normalized spacial score (nSPS) is 16.2. The highest BCUT2D eigenvalue weighted by Gasteiger charge is 2.24. The van der Waals surface area contributed by atoms with Crippen molar-refractivity contribution in [3.05, 3.63) is 83.9 Å². The number of hydrogen-bond acceptors (Lipinski definition) is 5. The maximum Gasteiger partial charge on any atom is 0.184 e. The van der Waals surface area contributed by atoms with Crippen LogP contribution in [-0.4, -0.2) is 27.6 Å². The minimum atomic E-state index is -3.73. The number of ether oxygens (including phenoxy) is 1. The molecule has 0 saturated heterocycles. The van der Waals surface area contributed by atoms with Crippen LogP contribution in [-0.2, 0) is 27.7 Å². The van der Waals surface area contributed by atoms with Gasteiger partial charge < -0.3 is 9.29 Å². The van der Waals surface area contributed by atoms with Crippen LogP contribution < -0.4 is 9.46 Å². The third kappa shape index (κ3) is 4.61. The molecule has 1 atom stereocenters. The Labute approximate surface area is 169 Å². The Balaban J connectivity index is 1.53. The quantitative estimate of drug-likeness (QED) is 0.647. The summed E-state index contributed by atoms with van der Waals surface area (Å²) in [7, 11) is -3.73. The summed E-state index contributed by atoms with van der Waals surface area (Å²) in [5.41, 5.74) is 1.92. The van der Waals surface area contributed by atoms with Crippen molar-refractivity contribution in [1.82, 2.24) is 9.88 Å². The highest BCUT2D eigenvalue weighted by atomic mass is 32.3. The Morgan fingerprint density at radius 1 is 1.21 bits per heavy atom. The van der Waals surface area contributed by atoms with E-state index in [0.717, 1.165) is 5.56 Å². The van der Waals surface area contributed by atoms with E-state index in [1.807, 2.05) is 6.07 Å². The Morgan fingerprint density at radius 3 is 2.83 bits per heavy atom. The van der Waals surface area contributed by atoms with E-state index in [1.54, 1.807) is 48.7 Å². The van der Waals surface area contributed by atoms with Crippen molar-refractivity contribution in [2.75, 3.05) is 17.9 Å². The molecule has 0 fully saturated rings. The Hall–Kier alpha value is -2.81. The van der Waals surface area contributed by atoms with Crippen LogP contribution in [0.15, 0.2) is 71.9 Å². The number of fused-ring (bicyclic) bond motifs is 1. The van der Waals surface area contributed by atoms with Gasteiger partial charge in [0.15, 0.2) is 15.3 Å². The van der Waals surface area contributed by atoms with Crippen molar-refractivity contribution < 1.29 is 17.9 Å². The largest absolute Gasteiger partial charge is 0.588 e. The summed E-state index contributed by atoms with van der Waals surface area (Å²) in [6.07, 6.45) is 2.77. The average molecular weight is 413 g/mol. The molecule has 0 spiro atoms. The van der Waals surface area contributed by atoms with E-state index in [-0.39, 0.29) is 10.7 Å². The van der Waals surface area contributed by atoms with Gasteiger partial charge in [0.25, 0.3) is 0 Å². The lowest BCUT2D eigenvalue weighted by Gasteiger charge is -2.20. The first kappa shape index (κ1) is 19.5. The zero-order valence-corrected chi connectivity index (χ0v) is 16.4. The van der Waals surface area contributed by atoms with Crippen LogP contribution in [0.3, 0.4) is 0 Å². The molecule has 8 heteroatoms. The summed E-state index contributed by atoms with van der Waals surface area (Å²) in [5.74, 6) is 0.185. The first-order valence-electron chi connectivity index (χ1n) is 9.15. The lowest BCUT2D eigenvalue weighted by atomic mass is 10.1. The van der Waals surface area contributed by atoms with Crippen LogP contribution in [0.2, 0.25) is 0 Å². The SMILES string of the molecule is O=[S+]([O-])(Nc1ccccc1)c1ccc2c(c1)OCCN(Cc1ccncc1F)C2. The monoisotopic (exact) mass is 413 g/mol. The molecule has 150 valence electrons. The van der Waals surface area contributed by atoms with Gasteiger partial charge >= 0.3 is 0 Å². The van der Waals surface area contributed by atoms with Gasteiger partial charge in [-0.05, 0) is 30.3 Å². The van der Waals surface area contributed by atoms with Crippen LogP contribution in [0.4, 0.5) is 10.1 Å². The molecule has 0 amide bonds. The lowest BCUT2D eigenvalue weighted by Crippen LogP contribution is -2.25. The minimum absolute atomic E-state index is 0.133. The smallest absolute Gasteiger partial charge is 0.184 e. The third-order valence-corrected chi connectivity index (χ3v) is 6.06. The number of hydrogen-bond donors (Lipinski definition) is 1. The molecule has 1 aliphatic rings. The number of benzene rings is 2. The lowest BCUT2D eigenvalue weighted by molar-refractivity contribution is 0.217. The highest BCUT2D eigenvalue weighted by Crippen LogP contribution is 2.30. The van der Waals surface area contributed by atoms with Gasteiger partial charge in [0.2, 0.25) is 0 Å². The molecular formula is C21H20FN3O3S. The number of anilines is 1. The van der Waals surface area contributed by atoms with Gasteiger partial charge in [-0.3, -0.25) is 9.88 Å². The average Bonchev–Trinajstić information content (AvgIpc) is 2.91. The predicted octanol–water partition coefficient (Wildman–Crippen LogP) is 3.63. The van der Waals surface area contributed by atoms with E-state index in [1.165, 1.54) is 12.3 Å². The van der Waals surface area contributed by atoms with E-state index >= 15 is 0 Å². The van der Waals surface area contributed by atoms with Crippen molar-refractivity contribution in [1.29, 1.82) is 0 Å². The summed E-state index contributed by atoms with van der Waals surface area (Å²) < 4.78 is 47.7. The van der Waals surface area contributed by atoms with Crippen molar-refractivity contribution in [2.24, 2.45) is 0 Å². The van der Waals surface area contributed by atoms with Crippen molar-refractivity contribution in [2.45, 2.75) is 18.0 Å². The second kappa shape index (κ2) is 8.28. The molecule has 6 nitrogen and oxygen atoms in total. The van der Waals surface area contributed by atoms with Gasteiger partial charge in [0.1, 0.15) is 18.2 Å². The number of rotatable bonds is 5. The molecule has 1 N–H and O–H groups in total. The summed E-state index contributed by atoms with van der Waals surface area (Å²) in [6.45, 7) is 1.94. The molecule has 0 radical (unpaired) electrons. The van der Waals surface area contributed by atoms with Gasteiger partial charge in [-0.1, -0.05) is 22.4 Å². The molecule has 3 aromatic rings. The Bertz CT molecular complexity index is 1050. The molecule has 1 aliphatic heterocycles. The molecule has 1 aromatic heterocycles. The zero-order chi connectivity index (χ0) is 20.3. The number of aromatic nitrogens is 1. The van der Waals surface area contributed by atoms with Crippen LogP contribution >= 0.6 is 0 Å². The van der Waals surface area contributed by atoms with Gasteiger partial charge in [-0.15, -0.1) is 0 Å². The summed E-state index contributed by atoms with van der Waals surface area (Å²) >= 11 is 0. The topological polar surface area (TPSA) is 77.5 Å². The third-order valence-electron chi connectivity index (χ3n) is 4.68. The highest BCUT2D eigenvalue weighted by molar-refractivity contribution is 7.98. The molecule has 0 bridgehead atoms. The summed E-state index contributed by atoms with van der Waals surface area (Å²) in [4.78, 5) is 5.96. The molecule has 1 unspecified atom stereocenters. The molecule has 0 aliphatic carbocycles. The maximum atomic E-state index is 13.9. The van der Waals surface area contributed by atoms with Crippen molar-refractivity contribution >= 4 is 16.1 Å². The number of nitrogens with zero attached hydrogens (tertiary/aromatic N) is 2. The molecule has 0 saturated carbocycles. The van der Waals surface area contributed by atoms with Gasteiger partial charge in [-0.2, -0.15) is 0 Å². The summed E-state index contributed by atoms with van der Waals surface area (Å²) in [6, 6.07) is 15.2. The van der Waals surface area contributed by atoms with E-state index < -0.39 is 10.4 Å². The van der Waals surface area contributed by atoms with Crippen LogP contribution in [0, 0.1) is 5.82 Å². The fraction of sp³-hybridized carbons (Fsp3) is 0.190. The van der Waals surface area contributed by atoms with Gasteiger partial charge in [0.05, 0.1) is 11.9 Å². The maximum absolute atomic E-state index is 13.9. The van der Waals surface area contributed by atoms with E-state index in [4.69, 9.17) is 4.74 Å². The second-order valence-electron chi connectivity index (χ2n) is 6.77. The van der Waals surface area contributed by atoms with E-state index in [9.17, 15) is 13.2 Å². The van der Waals surface area contributed by atoms with Crippen LogP contribution in [0.5, 0.6) is 5.75 Å². The first-order chi connectivity index (χ1) is 14.0. The second-order valence-corrected chi connectivity index (χ2v) is 8.45. The summed E-state index contributed by atoms with van der Waals surface area (Å²) in [5, 5.41) is 0. The van der Waals surface area contributed by atoms with Gasteiger partial charge in [-0.25, -0.2) is 9.11 Å². The Morgan fingerprint density at radius 2 is 2.03 bits per heavy atom. The number of sulfonamides is 1. The molecule has 29 heavy (non-hydrogen) atoms.